The Labute approximate surface area is 155 Å². The Bertz CT molecular complexity index is 855. The molecule has 3 nitrogen and oxygen atoms in total. The number of hydrogen-bond donors (Lipinski definition) is 1. The van der Waals surface area contributed by atoms with Gasteiger partial charge in [-0.05, 0) is 48.5 Å². The fraction of sp³-hybridized carbons (Fsp3) is 0.174. The van der Waals surface area contributed by atoms with Crippen LogP contribution in [-0.4, -0.2) is 24.9 Å². The van der Waals surface area contributed by atoms with Crippen molar-refractivity contribution >= 4 is 5.91 Å². The van der Waals surface area contributed by atoms with Gasteiger partial charge in [0.15, 0.2) is 0 Å². The van der Waals surface area contributed by atoms with Gasteiger partial charge in [-0.25, -0.2) is 0 Å². The lowest BCUT2D eigenvalue weighted by atomic mass is 10.0. The second kappa shape index (κ2) is 8.45. The van der Waals surface area contributed by atoms with E-state index in [0.717, 1.165) is 23.2 Å². The van der Waals surface area contributed by atoms with Crippen LogP contribution in [0.1, 0.15) is 21.5 Å². The molecule has 0 aliphatic carbocycles. The highest BCUT2D eigenvalue weighted by molar-refractivity contribution is 5.94. The van der Waals surface area contributed by atoms with E-state index in [1.54, 1.807) is 0 Å². The van der Waals surface area contributed by atoms with Gasteiger partial charge in [-0.2, -0.15) is 0 Å². The summed E-state index contributed by atoms with van der Waals surface area (Å²) in [6.45, 7) is 1.39. The third-order valence-electron chi connectivity index (χ3n) is 4.30. The van der Waals surface area contributed by atoms with Gasteiger partial charge in [0.05, 0.1) is 0 Å². The highest BCUT2D eigenvalue weighted by Gasteiger charge is 2.08. The lowest BCUT2D eigenvalue weighted by Crippen LogP contribution is -2.24. The Kier molecular flexibility index (Phi) is 5.82. The normalized spacial score (nSPS) is 10.7. The molecule has 1 amide bonds. The number of nitrogens with zero attached hydrogens (tertiary/aromatic N) is 1. The maximum Gasteiger partial charge on any atom is 0.251 e. The van der Waals surface area contributed by atoms with Crippen LogP contribution in [0.5, 0.6) is 0 Å². The molecule has 3 aromatic carbocycles. The molecule has 0 bridgehead atoms. The Morgan fingerprint density at radius 1 is 0.769 bits per heavy atom. The molecule has 3 aromatic rings. The van der Waals surface area contributed by atoms with E-state index in [-0.39, 0.29) is 5.91 Å². The number of hydrogen-bond acceptors (Lipinski definition) is 2. The quantitative estimate of drug-likeness (QED) is 0.721. The molecular weight excluding hydrogens is 320 g/mol. The number of carbonyl (C=O) groups is 1. The van der Waals surface area contributed by atoms with E-state index in [0.29, 0.717) is 12.1 Å². The lowest BCUT2D eigenvalue weighted by Gasteiger charge is -2.14. The first kappa shape index (κ1) is 17.9. The first-order chi connectivity index (χ1) is 12.6. The van der Waals surface area contributed by atoms with Gasteiger partial charge in [0.2, 0.25) is 0 Å². The third-order valence-corrected chi connectivity index (χ3v) is 4.30. The van der Waals surface area contributed by atoms with Crippen molar-refractivity contribution in [2.75, 3.05) is 14.1 Å². The van der Waals surface area contributed by atoms with Crippen LogP contribution in [0.15, 0.2) is 78.9 Å². The molecular formula is C23H24N2O. The lowest BCUT2D eigenvalue weighted by molar-refractivity contribution is 0.0951. The van der Waals surface area contributed by atoms with E-state index in [2.05, 4.69) is 34.5 Å². The van der Waals surface area contributed by atoms with Gasteiger partial charge in [-0.15, -0.1) is 0 Å². The summed E-state index contributed by atoms with van der Waals surface area (Å²) >= 11 is 0. The molecule has 0 heterocycles. The average Bonchev–Trinajstić information content (AvgIpc) is 2.67. The van der Waals surface area contributed by atoms with Crippen molar-refractivity contribution in [3.05, 3.63) is 95.6 Å². The van der Waals surface area contributed by atoms with E-state index in [1.807, 2.05) is 68.7 Å². The molecule has 0 saturated heterocycles. The van der Waals surface area contributed by atoms with Crippen molar-refractivity contribution in [3.63, 3.8) is 0 Å². The van der Waals surface area contributed by atoms with Gasteiger partial charge in [-0.3, -0.25) is 4.79 Å². The minimum absolute atomic E-state index is 0.0516. The van der Waals surface area contributed by atoms with Crippen LogP contribution in [0.4, 0.5) is 0 Å². The summed E-state index contributed by atoms with van der Waals surface area (Å²) in [5.41, 5.74) is 5.32. The van der Waals surface area contributed by atoms with Crippen LogP contribution in [0.3, 0.4) is 0 Å². The Morgan fingerprint density at radius 2 is 1.35 bits per heavy atom. The predicted octanol–water partition coefficient (Wildman–Crippen LogP) is 4.35. The number of rotatable bonds is 6. The van der Waals surface area contributed by atoms with Crippen molar-refractivity contribution in [1.29, 1.82) is 0 Å². The van der Waals surface area contributed by atoms with E-state index in [4.69, 9.17) is 0 Å². The van der Waals surface area contributed by atoms with Crippen molar-refractivity contribution < 1.29 is 4.79 Å². The summed E-state index contributed by atoms with van der Waals surface area (Å²) in [6.07, 6.45) is 0. The monoisotopic (exact) mass is 344 g/mol. The number of nitrogens with one attached hydrogen (secondary N) is 1. The molecule has 0 aliphatic heterocycles. The first-order valence-electron chi connectivity index (χ1n) is 8.78. The average molecular weight is 344 g/mol. The topological polar surface area (TPSA) is 32.3 Å². The molecule has 0 unspecified atom stereocenters. The van der Waals surface area contributed by atoms with Crippen molar-refractivity contribution in [2.45, 2.75) is 13.1 Å². The van der Waals surface area contributed by atoms with Gasteiger partial charge in [-0.1, -0.05) is 66.7 Å². The summed E-state index contributed by atoms with van der Waals surface area (Å²) < 4.78 is 0. The molecule has 1 N–H and O–H groups in total. The maximum atomic E-state index is 12.5. The largest absolute Gasteiger partial charge is 0.348 e. The first-order valence-corrected chi connectivity index (χ1v) is 8.78. The minimum Gasteiger partial charge on any atom is -0.348 e. The molecule has 0 aromatic heterocycles. The Balaban J connectivity index is 1.66. The summed E-state index contributed by atoms with van der Waals surface area (Å²) in [6, 6.07) is 26.1. The Morgan fingerprint density at radius 3 is 2.00 bits per heavy atom. The zero-order valence-electron chi connectivity index (χ0n) is 15.3. The second-order valence-electron chi connectivity index (χ2n) is 6.63. The van der Waals surface area contributed by atoms with Gasteiger partial charge in [0, 0.05) is 18.7 Å². The molecule has 0 radical (unpaired) electrons. The summed E-state index contributed by atoms with van der Waals surface area (Å²) in [5, 5.41) is 3.03. The molecule has 26 heavy (non-hydrogen) atoms. The standard InChI is InChI=1S/C23H24N2O/c1-25(2)17-22-11-7-6-10-21(22)16-24-23(26)20-14-12-19(13-15-20)18-8-4-3-5-9-18/h3-15H,16-17H2,1-2H3,(H,24,26). The zero-order chi connectivity index (χ0) is 18.4. The molecule has 0 atom stereocenters. The van der Waals surface area contributed by atoms with E-state index in [1.165, 1.54) is 5.56 Å². The second-order valence-corrected chi connectivity index (χ2v) is 6.63. The summed E-state index contributed by atoms with van der Waals surface area (Å²) in [7, 11) is 4.09. The van der Waals surface area contributed by atoms with Crippen molar-refractivity contribution in [3.8, 4) is 11.1 Å². The summed E-state index contributed by atoms with van der Waals surface area (Å²) in [5.74, 6) is -0.0516. The predicted molar refractivity (Wildman–Crippen MR) is 107 cm³/mol. The smallest absolute Gasteiger partial charge is 0.251 e. The maximum absolute atomic E-state index is 12.5. The van der Waals surface area contributed by atoms with E-state index >= 15 is 0 Å². The SMILES string of the molecule is CN(C)Cc1ccccc1CNC(=O)c1ccc(-c2ccccc2)cc1. The highest BCUT2D eigenvalue weighted by atomic mass is 16.1. The number of carbonyl (C=O) groups excluding carboxylic acids is 1. The zero-order valence-corrected chi connectivity index (χ0v) is 15.3. The van der Waals surface area contributed by atoms with Gasteiger partial charge < -0.3 is 10.2 Å². The highest BCUT2D eigenvalue weighted by Crippen LogP contribution is 2.19. The van der Waals surface area contributed by atoms with Crippen LogP contribution in [0.2, 0.25) is 0 Å². The minimum atomic E-state index is -0.0516. The molecule has 0 spiro atoms. The van der Waals surface area contributed by atoms with Gasteiger partial charge in [0.1, 0.15) is 0 Å². The van der Waals surface area contributed by atoms with E-state index in [9.17, 15) is 4.79 Å². The van der Waals surface area contributed by atoms with Crippen LogP contribution in [-0.2, 0) is 13.1 Å². The van der Waals surface area contributed by atoms with Crippen LogP contribution in [0.25, 0.3) is 11.1 Å². The number of benzene rings is 3. The summed E-state index contributed by atoms with van der Waals surface area (Å²) in [4.78, 5) is 14.6. The van der Waals surface area contributed by atoms with Gasteiger partial charge in [0.25, 0.3) is 5.91 Å². The van der Waals surface area contributed by atoms with Crippen molar-refractivity contribution in [1.82, 2.24) is 10.2 Å². The van der Waals surface area contributed by atoms with Crippen LogP contribution < -0.4 is 5.32 Å². The molecule has 0 saturated carbocycles. The third kappa shape index (κ3) is 4.58. The number of amides is 1. The van der Waals surface area contributed by atoms with Gasteiger partial charge >= 0.3 is 0 Å². The molecule has 0 fully saturated rings. The molecule has 0 aliphatic rings. The van der Waals surface area contributed by atoms with Crippen molar-refractivity contribution in [2.24, 2.45) is 0 Å². The van der Waals surface area contributed by atoms with E-state index < -0.39 is 0 Å². The fourth-order valence-corrected chi connectivity index (χ4v) is 2.95. The van der Waals surface area contributed by atoms with Crippen LogP contribution in [0, 0.1) is 0 Å². The van der Waals surface area contributed by atoms with Crippen LogP contribution >= 0.6 is 0 Å². The Hall–Kier alpha value is -2.91. The molecule has 132 valence electrons. The molecule has 3 rings (SSSR count). The molecule has 3 heteroatoms. The fourth-order valence-electron chi connectivity index (χ4n) is 2.95.